The van der Waals surface area contributed by atoms with Gasteiger partial charge in [0.25, 0.3) is 0 Å². The molecule has 14 heavy (non-hydrogen) atoms. The second kappa shape index (κ2) is 4.37. The summed E-state index contributed by atoms with van der Waals surface area (Å²) >= 11 is 6.02. The molecular formula is C11H17ClOSi. The molecule has 0 atom stereocenters. The van der Waals surface area contributed by atoms with E-state index < -0.39 is 8.07 Å². The molecule has 0 aromatic heterocycles. The molecular weight excluding hydrogens is 212 g/mol. The maximum atomic E-state index is 6.02. The van der Waals surface area contributed by atoms with Gasteiger partial charge >= 0.3 is 0 Å². The molecule has 0 heterocycles. The molecule has 1 aromatic rings. The first kappa shape index (κ1) is 11.6. The Morgan fingerprint density at radius 1 is 1.29 bits per heavy atom. The molecule has 0 bridgehead atoms. The number of ether oxygens (including phenoxy) is 1. The van der Waals surface area contributed by atoms with Gasteiger partial charge < -0.3 is 4.74 Å². The van der Waals surface area contributed by atoms with E-state index in [1.807, 2.05) is 13.0 Å². The highest BCUT2D eigenvalue weighted by Crippen LogP contribution is 2.23. The van der Waals surface area contributed by atoms with Crippen molar-refractivity contribution in [3.05, 3.63) is 23.2 Å². The van der Waals surface area contributed by atoms with Crippen molar-refractivity contribution in [3.63, 3.8) is 0 Å². The summed E-state index contributed by atoms with van der Waals surface area (Å²) in [7, 11) is -1.26. The molecule has 0 radical (unpaired) electrons. The molecule has 1 aromatic carbocycles. The van der Waals surface area contributed by atoms with E-state index in [0.717, 1.165) is 5.75 Å². The van der Waals surface area contributed by atoms with E-state index in [-0.39, 0.29) is 0 Å². The van der Waals surface area contributed by atoms with Crippen LogP contribution in [0.15, 0.2) is 18.2 Å². The van der Waals surface area contributed by atoms with Gasteiger partial charge in [-0.2, -0.15) is 0 Å². The van der Waals surface area contributed by atoms with Crippen molar-refractivity contribution in [1.82, 2.24) is 0 Å². The van der Waals surface area contributed by atoms with Crippen LogP contribution in [0.4, 0.5) is 0 Å². The molecule has 3 heteroatoms. The first-order valence-electron chi connectivity index (χ1n) is 4.88. The standard InChI is InChI=1S/C11H17ClOSi/c1-5-13-11-8-9(14(2,3)4)6-7-10(11)12/h6-8H,5H2,1-4H3. The van der Waals surface area contributed by atoms with Crippen molar-refractivity contribution >= 4 is 24.9 Å². The Bertz CT molecular complexity index is 318. The summed E-state index contributed by atoms with van der Waals surface area (Å²) in [5, 5.41) is 2.08. The fourth-order valence-electron chi connectivity index (χ4n) is 1.24. The molecule has 0 saturated heterocycles. The summed E-state index contributed by atoms with van der Waals surface area (Å²) in [6.45, 7) is 9.57. The van der Waals surface area contributed by atoms with Gasteiger partial charge in [0.15, 0.2) is 0 Å². The zero-order valence-corrected chi connectivity index (χ0v) is 11.0. The van der Waals surface area contributed by atoms with Gasteiger partial charge in [-0.3, -0.25) is 0 Å². The summed E-state index contributed by atoms with van der Waals surface area (Å²) in [4.78, 5) is 0. The highest BCUT2D eigenvalue weighted by molar-refractivity contribution is 6.88. The minimum atomic E-state index is -1.26. The average Bonchev–Trinajstić information content (AvgIpc) is 2.07. The number of rotatable bonds is 3. The van der Waals surface area contributed by atoms with Gasteiger partial charge in [-0.05, 0) is 19.1 Å². The van der Waals surface area contributed by atoms with Crippen molar-refractivity contribution < 1.29 is 4.74 Å². The monoisotopic (exact) mass is 228 g/mol. The van der Waals surface area contributed by atoms with E-state index in [1.54, 1.807) is 0 Å². The first-order valence-corrected chi connectivity index (χ1v) is 8.75. The molecule has 1 nitrogen and oxygen atoms in total. The molecule has 0 fully saturated rings. The van der Waals surface area contributed by atoms with Crippen LogP contribution in [0.2, 0.25) is 24.7 Å². The number of benzene rings is 1. The third kappa shape index (κ3) is 2.76. The van der Waals surface area contributed by atoms with Crippen LogP contribution in [-0.4, -0.2) is 14.7 Å². The lowest BCUT2D eigenvalue weighted by atomic mass is 10.3. The minimum Gasteiger partial charge on any atom is -0.492 e. The van der Waals surface area contributed by atoms with Crippen LogP contribution in [0.1, 0.15) is 6.92 Å². The fourth-order valence-corrected chi connectivity index (χ4v) is 2.56. The van der Waals surface area contributed by atoms with Gasteiger partial charge in [-0.25, -0.2) is 0 Å². The third-order valence-corrected chi connectivity index (χ3v) is 4.45. The molecule has 0 unspecified atom stereocenters. The van der Waals surface area contributed by atoms with Crippen LogP contribution in [-0.2, 0) is 0 Å². The Balaban J connectivity index is 3.06. The van der Waals surface area contributed by atoms with Gasteiger partial charge in [0.05, 0.1) is 19.7 Å². The number of hydrogen-bond acceptors (Lipinski definition) is 1. The Labute approximate surface area is 92.1 Å². The molecule has 0 amide bonds. The van der Waals surface area contributed by atoms with E-state index >= 15 is 0 Å². The number of halogens is 1. The lowest BCUT2D eigenvalue weighted by Gasteiger charge is -2.18. The van der Waals surface area contributed by atoms with Crippen LogP contribution in [0, 0.1) is 0 Å². The van der Waals surface area contributed by atoms with Gasteiger partial charge in [-0.1, -0.05) is 42.5 Å². The normalized spacial score (nSPS) is 11.5. The van der Waals surface area contributed by atoms with E-state index in [1.165, 1.54) is 5.19 Å². The summed E-state index contributed by atoms with van der Waals surface area (Å²) in [5.74, 6) is 0.814. The second-order valence-corrected chi connectivity index (χ2v) is 9.81. The van der Waals surface area contributed by atoms with Gasteiger partial charge in [-0.15, -0.1) is 0 Å². The Hall–Kier alpha value is -0.473. The molecule has 0 aliphatic heterocycles. The number of hydrogen-bond donors (Lipinski definition) is 0. The third-order valence-electron chi connectivity index (χ3n) is 2.10. The highest BCUT2D eigenvalue weighted by Gasteiger charge is 2.17. The van der Waals surface area contributed by atoms with E-state index in [4.69, 9.17) is 16.3 Å². The van der Waals surface area contributed by atoms with E-state index in [0.29, 0.717) is 11.6 Å². The quantitative estimate of drug-likeness (QED) is 0.722. The van der Waals surface area contributed by atoms with Crippen LogP contribution in [0.5, 0.6) is 5.75 Å². The smallest absolute Gasteiger partial charge is 0.137 e. The highest BCUT2D eigenvalue weighted by atomic mass is 35.5. The Morgan fingerprint density at radius 2 is 1.93 bits per heavy atom. The summed E-state index contributed by atoms with van der Waals surface area (Å²) in [5.41, 5.74) is 0. The van der Waals surface area contributed by atoms with Crippen LogP contribution >= 0.6 is 11.6 Å². The van der Waals surface area contributed by atoms with Crippen molar-refractivity contribution in [2.75, 3.05) is 6.61 Å². The lowest BCUT2D eigenvalue weighted by molar-refractivity contribution is 0.340. The predicted octanol–water partition coefficient (Wildman–Crippen LogP) is 3.28. The maximum absolute atomic E-state index is 6.02. The SMILES string of the molecule is CCOc1cc([Si](C)(C)C)ccc1Cl. The molecule has 0 aliphatic carbocycles. The maximum Gasteiger partial charge on any atom is 0.137 e. The first-order chi connectivity index (χ1) is 6.45. The summed E-state index contributed by atoms with van der Waals surface area (Å²) in [6, 6.07) is 6.12. The average molecular weight is 229 g/mol. The van der Waals surface area contributed by atoms with Crippen LogP contribution in [0.25, 0.3) is 0 Å². The lowest BCUT2D eigenvalue weighted by Crippen LogP contribution is -2.37. The van der Waals surface area contributed by atoms with Crippen LogP contribution < -0.4 is 9.92 Å². The molecule has 1 rings (SSSR count). The minimum absolute atomic E-state index is 0.662. The van der Waals surface area contributed by atoms with Crippen molar-refractivity contribution in [1.29, 1.82) is 0 Å². The summed E-state index contributed by atoms with van der Waals surface area (Å²) < 4.78 is 5.46. The van der Waals surface area contributed by atoms with Crippen molar-refractivity contribution in [2.45, 2.75) is 26.6 Å². The molecule has 78 valence electrons. The molecule has 0 saturated carbocycles. The Kier molecular flexibility index (Phi) is 3.62. The Morgan fingerprint density at radius 3 is 2.43 bits per heavy atom. The topological polar surface area (TPSA) is 9.23 Å². The fraction of sp³-hybridized carbons (Fsp3) is 0.455. The van der Waals surface area contributed by atoms with E-state index in [2.05, 4.69) is 31.8 Å². The van der Waals surface area contributed by atoms with Gasteiger partial charge in [0.2, 0.25) is 0 Å². The van der Waals surface area contributed by atoms with Crippen LogP contribution in [0.3, 0.4) is 0 Å². The summed E-state index contributed by atoms with van der Waals surface area (Å²) in [6.07, 6.45) is 0. The molecule has 0 spiro atoms. The molecule has 0 N–H and O–H groups in total. The zero-order chi connectivity index (χ0) is 10.8. The van der Waals surface area contributed by atoms with Gasteiger partial charge in [0.1, 0.15) is 5.75 Å². The largest absolute Gasteiger partial charge is 0.492 e. The van der Waals surface area contributed by atoms with Gasteiger partial charge in [0, 0.05) is 0 Å². The predicted molar refractivity (Wildman–Crippen MR) is 65.6 cm³/mol. The zero-order valence-electron chi connectivity index (χ0n) is 9.23. The van der Waals surface area contributed by atoms with Crippen molar-refractivity contribution in [2.24, 2.45) is 0 Å². The second-order valence-electron chi connectivity index (χ2n) is 4.33. The van der Waals surface area contributed by atoms with Crippen molar-refractivity contribution in [3.8, 4) is 5.75 Å². The van der Waals surface area contributed by atoms with E-state index in [9.17, 15) is 0 Å². The molecule has 0 aliphatic rings.